The fourth-order valence-electron chi connectivity index (χ4n) is 3.06. The van der Waals surface area contributed by atoms with Gasteiger partial charge in [0.05, 0.1) is 11.4 Å². The first kappa shape index (κ1) is 20.7. The summed E-state index contributed by atoms with van der Waals surface area (Å²) in [7, 11) is 0. The number of rotatable bonds is 7. The molecule has 2 N–H and O–H groups in total. The number of anilines is 1. The van der Waals surface area contributed by atoms with Crippen molar-refractivity contribution in [1.82, 2.24) is 29.8 Å². The van der Waals surface area contributed by atoms with Crippen LogP contribution in [0.3, 0.4) is 0 Å². The number of nitrogens with zero attached hydrogens (tertiary/aromatic N) is 5. The SMILES string of the molecule is Cc1nc(-c2ccccc2)sc1C(=O)NCCNc1cc(-n2cnc(C)c2C)ncn1. The van der Waals surface area contributed by atoms with Crippen molar-refractivity contribution < 1.29 is 4.79 Å². The molecule has 8 nitrogen and oxygen atoms in total. The van der Waals surface area contributed by atoms with E-state index in [4.69, 9.17) is 0 Å². The molecule has 9 heteroatoms. The molecule has 0 saturated heterocycles. The smallest absolute Gasteiger partial charge is 0.263 e. The van der Waals surface area contributed by atoms with E-state index in [1.807, 2.05) is 61.7 Å². The molecule has 3 heterocycles. The first-order chi connectivity index (χ1) is 15.0. The van der Waals surface area contributed by atoms with Gasteiger partial charge in [0.25, 0.3) is 5.91 Å². The lowest BCUT2D eigenvalue weighted by Gasteiger charge is -2.09. The number of hydrogen-bond donors (Lipinski definition) is 2. The Labute approximate surface area is 184 Å². The molecule has 1 amide bonds. The van der Waals surface area contributed by atoms with E-state index in [0.717, 1.165) is 33.5 Å². The second-order valence-corrected chi connectivity index (χ2v) is 8.03. The third-order valence-electron chi connectivity index (χ3n) is 4.89. The molecule has 0 aliphatic carbocycles. The highest BCUT2D eigenvalue weighted by atomic mass is 32.1. The van der Waals surface area contributed by atoms with Gasteiger partial charge in [-0.15, -0.1) is 11.3 Å². The molecule has 4 aromatic rings. The molecule has 4 rings (SSSR count). The number of carbonyl (C=O) groups is 1. The molecule has 0 aliphatic rings. The van der Waals surface area contributed by atoms with Gasteiger partial charge in [0.1, 0.15) is 34.2 Å². The lowest BCUT2D eigenvalue weighted by atomic mass is 10.2. The zero-order valence-electron chi connectivity index (χ0n) is 17.6. The summed E-state index contributed by atoms with van der Waals surface area (Å²) in [6.07, 6.45) is 3.26. The second-order valence-electron chi connectivity index (χ2n) is 7.03. The Morgan fingerprint density at radius 2 is 1.84 bits per heavy atom. The van der Waals surface area contributed by atoms with Crippen LogP contribution in [0.25, 0.3) is 16.4 Å². The zero-order chi connectivity index (χ0) is 21.8. The Morgan fingerprint density at radius 3 is 2.58 bits per heavy atom. The first-order valence-electron chi connectivity index (χ1n) is 9.91. The highest BCUT2D eigenvalue weighted by Gasteiger charge is 2.15. The first-order valence-corrected chi connectivity index (χ1v) is 10.7. The predicted octanol–water partition coefficient (Wildman–Crippen LogP) is 3.55. The molecule has 1 aromatic carbocycles. The molecular weight excluding hydrogens is 410 g/mol. The van der Waals surface area contributed by atoms with E-state index in [1.54, 1.807) is 6.33 Å². The Morgan fingerprint density at radius 1 is 1.03 bits per heavy atom. The van der Waals surface area contributed by atoms with Gasteiger partial charge in [-0.05, 0) is 20.8 Å². The van der Waals surface area contributed by atoms with E-state index in [2.05, 4.69) is 30.6 Å². The predicted molar refractivity (Wildman–Crippen MR) is 122 cm³/mol. The molecule has 0 bridgehead atoms. The number of benzene rings is 1. The van der Waals surface area contributed by atoms with Crippen LogP contribution in [0.2, 0.25) is 0 Å². The molecule has 0 aliphatic heterocycles. The molecule has 0 spiro atoms. The molecule has 0 fully saturated rings. The van der Waals surface area contributed by atoms with Crippen LogP contribution in [0.5, 0.6) is 0 Å². The van der Waals surface area contributed by atoms with E-state index in [9.17, 15) is 4.79 Å². The maximum atomic E-state index is 12.6. The summed E-state index contributed by atoms with van der Waals surface area (Å²) < 4.78 is 1.92. The largest absolute Gasteiger partial charge is 0.368 e. The van der Waals surface area contributed by atoms with Gasteiger partial charge in [-0.2, -0.15) is 0 Å². The fourth-order valence-corrected chi connectivity index (χ4v) is 4.05. The third kappa shape index (κ3) is 4.61. The van der Waals surface area contributed by atoms with Gasteiger partial charge in [0.15, 0.2) is 0 Å². The summed E-state index contributed by atoms with van der Waals surface area (Å²) in [4.78, 5) is 30.6. The van der Waals surface area contributed by atoms with Crippen molar-refractivity contribution in [2.45, 2.75) is 20.8 Å². The molecule has 158 valence electrons. The Kier molecular flexibility index (Phi) is 6.03. The summed E-state index contributed by atoms with van der Waals surface area (Å²) in [6, 6.07) is 11.7. The molecule has 0 unspecified atom stereocenters. The minimum Gasteiger partial charge on any atom is -0.368 e. The third-order valence-corrected chi connectivity index (χ3v) is 6.10. The normalized spacial score (nSPS) is 10.8. The molecule has 31 heavy (non-hydrogen) atoms. The van der Waals surface area contributed by atoms with Gasteiger partial charge >= 0.3 is 0 Å². The van der Waals surface area contributed by atoms with Gasteiger partial charge < -0.3 is 10.6 Å². The van der Waals surface area contributed by atoms with Crippen LogP contribution in [-0.4, -0.2) is 43.5 Å². The van der Waals surface area contributed by atoms with Gasteiger partial charge in [-0.25, -0.2) is 19.9 Å². The number of nitrogens with one attached hydrogen (secondary N) is 2. The number of aromatic nitrogens is 5. The minimum absolute atomic E-state index is 0.119. The van der Waals surface area contributed by atoms with Crippen molar-refractivity contribution in [3.63, 3.8) is 0 Å². The van der Waals surface area contributed by atoms with Crippen LogP contribution in [0.15, 0.2) is 49.1 Å². The van der Waals surface area contributed by atoms with Gasteiger partial charge in [-0.1, -0.05) is 30.3 Å². The quantitative estimate of drug-likeness (QED) is 0.433. The zero-order valence-corrected chi connectivity index (χ0v) is 18.4. The van der Waals surface area contributed by atoms with Crippen LogP contribution in [0, 0.1) is 20.8 Å². The van der Waals surface area contributed by atoms with Crippen molar-refractivity contribution in [3.8, 4) is 16.4 Å². The van der Waals surface area contributed by atoms with Crippen molar-refractivity contribution in [2.75, 3.05) is 18.4 Å². The van der Waals surface area contributed by atoms with E-state index in [-0.39, 0.29) is 5.91 Å². The van der Waals surface area contributed by atoms with Crippen LogP contribution < -0.4 is 10.6 Å². The van der Waals surface area contributed by atoms with Crippen molar-refractivity contribution in [3.05, 3.63) is 71.0 Å². The molecule has 3 aromatic heterocycles. The highest BCUT2D eigenvalue weighted by molar-refractivity contribution is 7.17. The summed E-state index contributed by atoms with van der Waals surface area (Å²) in [5.41, 5.74) is 3.75. The number of thiazole rings is 1. The van der Waals surface area contributed by atoms with Gasteiger partial charge in [0.2, 0.25) is 0 Å². The average molecular weight is 434 g/mol. The van der Waals surface area contributed by atoms with Crippen molar-refractivity contribution in [2.24, 2.45) is 0 Å². The van der Waals surface area contributed by atoms with E-state index in [1.165, 1.54) is 17.7 Å². The Hall–Kier alpha value is -3.59. The summed E-state index contributed by atoms with van der Waals surface area (Å²) in [5, 5.41) is 7.01. The maximum Gasteiger partial charge on any atom is 0.263 e. The van der Waals surface area contributed by atoms with Crippen LogP contribution >= 0.6 is 11.3 Å². The number of aryl methyl sites for hydroxylation is 2. The fraction of sp³-hybridized carbons (Fsp3) is 0.227. The number of imidazole rings is 1. The summed E-state index contributed by atoms with van der Waals surface area (Å²) in [6.45, 7) is 6.81. The molecule has 0 radical (unpaired) electrons. The van der Waals surface area contributed by atoms with Crippen LogP contribution in [-0.2, 0) is 0 Å². The van der Waals surface area contributed by atoms with Crippen molar-refractivity contribution in [1.29, 1.82) is 0 Å². The van der Waals surface area contributed by atoms with E-state index < -0.39 is 0 Å². The minimum atomic E-state index is -0.119. The summed E-state index contributed by atoms with van der Waals surface area (Å²) in [5.74, 6) is 1.31. The monoisotopic (exact) mass is 433 g/mol. The number of amides is 1. The second kappa shape index (κ2) is 9.05. The lowest BCUT2D eigenvalue weighted by Crippen LogP contribution is -2.28. The van der Waals surface area contributed by atoms with Gasteiger partial charge in [-0.3, -0.25) is 9.36 Å². The van der Waals surface area contributed by atoms with Crippen LogP contribution in [0.1, 0.15) is 26.8 Å². The number of carbonyl (C=O) groups excluding carboxylic acids is 1. The number of hydrogen-bond acceptors (Lipinski definition) is 7. The standard InChI is InChI=1S/C22H23N7OS/c1-14-16(3)29(13-27-14)19-11-18(25-12-26-19)23-9-10-24-21(30)20-15(2)28-22(31-20)17-7-5-4-6-8-17/h4-8,11-13H,9-10H2,1-3H3,(H,24,30)(H,23,25,26). The topological polar surface area (TPSA) is 97.6 Å². The molecular formula is C22H23N7OS. The molecule has 0 saturated carbocycles. The van der Waals surface area contributed by atoms with Crippen molar-refractivity contribution >= 4 is 23.1 Å². The molecule has 0 atom stereocenters. The Bertz CT molecular complexity index is 1200. The lowest BCUT2D eigenvalue weighted by molar-refractivity contribution is 0.0958. The highest BCUT2D eigenvalue weighted by Crippen LogP contribution is 2.27. The van der Waals surface area contributed by atoms with Crippen LogP contribution in [0.4, 0.5) is 5.82 Å². The van der Waals surface area contributed by atoms with Gasteiger partial charge in [0, 0.05) is 30.4 Å². The average Bonchev–Trinajstić information content (AvgIpc) is 3.34. The van der Waals surface area contributed by atoms with E-state index >= 15 is 0 Å². The summed E-state index contributed by atoms with van der Waals surface area (Å²) >= 11 is 1.41. The maximum absolute atomic E-state index is 12.6. The Balaban J connectivity index is 1.33. The van der Waals surface area contributed by atoms with E-state index in [0.29, 0.717) is 23.8 Å².